The van der Waals surface area contributed by atoms with Gasteiger partial charge in [0.25, 0.3) is 0 Å². The summed E-state index contributed by atoms with van der Waals surface area (Å²) in [5, 5.41) is 2.51. The van der Waals surface area contributed by atoms with E-state index in [0.29, 0.717) is 5.13 Å². The van der Waals surface area contributed by atoms with E-state index < -0.39 is 0 Å². The van der Waals surface area contributed by atoms with Crippen molar-refractivity contribution in [3.8, 4) is 12.3 Å². The Morgan fingerprint density at radius 3 is 2.92 bits per heavy atom. The van der Waals surface area contributed by atoms with Crippen molar-refractivity contribution in [1.29, 1.82) is 0 Å². The second kappa shape index (κ2) is 3.37. The van der Waals surface area contributed by atoms with E-state index in [0.717, 1.165) is 5.69 Å². The first-order valence-corrected chi connectivity index (χ1v) is 4.19. The van der Waals surface area contributed by atoms with Crippen molar-refractivity contribution in [3.63, 3.8) is 0 Å². The number of rotatable bonds is 1. The predicted molar refractivity (Wildman–Crippen MR) is 49.1 cm³/mol. The summed E-state index contributed by atoms with van der Waals surface area (Å²) in [4.78, 5) is 16.4. The van der Waals surface area contributed by atoms with Gasteiger partial charge < -0.3 is 0 Å². The fourth-order valence-electron chi connectivity index (χ4n) is 0.679. The van der Waals surface area contributed by atoms with Crippen LogP contribution in [0.1, 0.15) is 5.69 Å². The standard InChI is InChI=1S/C8H8N2OS/c1-4-7(11)10(3)8-9-6(2)5-12-8/h1,5H,2-3H3. The smallest absolute Gasteiger partial charge is 0.280 e. The molecule has 0 saturated heterocycles. The van der Waals surface area contributed by atoms with Crippen LogP contribution in [0.2, 0.25) is 0 Å². The highest BCUT2D eigenvalue weighted by Gasteiger charge is 2.10. The number of hydrogen-bond donors (Lipinski definition) is 0. The second-order valence-electron chi connectivity index (χ2n) is 2.28. The van der Waals surface area contributed by atoms with E-state index in [2.05, 4.69) is 4.98 Å². The normalized spacial score (nSPS) is 9.08. The van der Waals surface area contributed by atoms with Gasteiger partial charge in [-0.15, -0.1) is 17.8 Å². The molecule has 0 aliphatic heterocycles. The van der Waals surface area contributed by atoms with Gasteiger partial charge in [-0.3, -0.25) is 9.69 Å². The van der Waals surface area contributed by atoms with Crippen LogP contribution in [0.4, 0.5) is 5.13 Å². The van der Waals surface area contributed by atoms with E-state index in [4.69, 9.17) is 6.42 Å². The van der Waals surface area contributed by atoms with Gasteiger partial charge in [0.1, 0.15) is 0 Å². The number of carbonyl (C=O) groups is 1. The van der Waals surface area contributed by atoms with Crippen molar-refractivity contribution in [3.05, 3.63) is 11.1 Å². The summed E-state index contributed by atoms with van der Waals surface area (Å²) in [6, 6.07) is 0. The molecule has 0 aliphatic carbocycles. The fourth-order valence-corrected chi connectivity index (χ4v) is 1.45. The van der Waals surface area contributed by atoms with Crippen LogP contribution in [0.5, 0.6) is 0 Å². The number of hydrogen-bond acceptors (Lipinski definition) is 3. The van der Waals surface area contributed by atoms with Gasteiger partial charge in [0.15, 0.2) is 5.13 Å². The van der Waals surface area contributed by atoms with Gasteiger partial charge in [0.05, 0.1) is 5.69 Å². The third-order valence-electron chi connectivity index (χ3n) is 1.32. The lowest BCUT2D eigenvalue weighted by molar-refractivity contribution is -0.113. The Hall–Kier alpha value is -1.34. The highest BCUT2D eigenvalue weighted by Crippen LogP contribution is 2.18. The van der Waals surface area contributed by atoms with Gasteiger partial charge in [0, 0.05) is 12.4 Å². The van der Waals surface area contributed by atoms with E-state index >= 15 is 0 Å². The van der Waals surface area contributed by atoms with Crippen LogP contribution >= 0.6 is 11.3 Å². The molecule has 1 amide bonds. The first kappa shape index (κ1) is 8.75. The molecule has 0 spiro atoms. The lowest BCUT2D eigenvalue weighted by atomic mass is 10.5. The third-order valence-corrected chi connectivity index (χ3v) is 2.36. The number of amides is 1. The molecule has 0 N–H and O–H groups in total. The van der Waals surface area contributed by atoms with Gasteiger partial charge in [-0.2, -0.15) is 0 Å². The summed E-state index contributed by atoms with van der Waals surface area (Å²) >= 11 is 1.40. The maximum atomic E-state index is 11.0. The van der Waals surface area contributed by atoms with Crippen LogP contribution in [-0.2, 0) is 4.79 Å². The molecule has 4 heteroatoms. The van der Waals surface area contributed by atoms with Crippen molar-refractivity contribution in [1.82, 2.24) is 4.98 Å². The molecule has 62 valence electrons. The molecule has 0 unspecified atom stereocenters. The molecule has 0 atom stereocenters. The van der Waals surface area contributed by atoms with Crippen LogP contribution < -0.4 is 4.90 Å². The molecule has 0 bridgehead atoms. The summed E-state index contributed by atoms with van der Waals surface area (Å²) in [5.74, 6) is 1.66. The summed E-state index contributed by atoms with van der Waals surface area (Å²) in [7, 11) is 1.61. The molecule has 0 fully saturated rings. The minimum Gasteiger partial charge on any atom is -0.280 e. The van der Waals surface area contributed by atoms with Crippen LogP contribution in [-0.4, -0.2) is 17.9 Å². The van der Waals surface area contributed by atoms with E-state index in [1.807, 2.05) is 18.2 Å². The first-order chi connectivity index (χ1) is 5.65. The van der Waals surface area contributed by atoms with E-state index in [-0.39, 0.29) is 5.91 Å². The quantitative estimate of drug-likeness (QED) is 0.605. The first-order valence-electron chi connectivity index (χ1n) is 3.31. The summed E-state index contributed by atoms with van der Waals surface area (Å²) < 4.78 is 0. The Bertz CT molecular complexity index is 337. The zero-order valence-electron chi connectivity index (χ0n) is 6.87. The number of aryl methyl sites for hydroxylation is 1. The second-order valence-corrected chi connectivity index (χ2v) is 3.12. The Balaban J connectivity index is 2.86. The SMILES string of the molecule is C#CC(=O)N(C)c1nc(C)cs1. The van der Waals surface area contributed by atoms with Crippen LogP contribution in [0.25, 0.3) is 0 Å². The lowest BCUT2D eigenvalue weighted by Crippen LogP contribution is -2.23. The maximum Gasteiger partial charge on any atom is 0.304 e. The Morgan fingerprint density at radius 2 is 2.50 bits per heavy atom. The molecule has 0 saturated carbocycles. The van der Waals surface area contributed by atoms with Crippen molar-refractivity contribution in [2.24, 2.45) is 0 Å². The monoisotopic (exact) mass is 180 g/mol. The molecule has 1 aromatic rings. The Kier molecular flexibility index (Phi) is 2.46. The number of carbonyl (C=O) groups excluding carboxylic acids is 1. The molecule has 1 rings (SSSR count). The van der Waals surface area contributed by atoms with Crippen molar-refractivity contribution < 1.29 is 4.79 Å². The predicted octanol–water partition coefficient (Wildman–Crippen LogP) is 1.05. The molecule has 0 radical (unpaired) electrons. The minimum atomic E-state index is -0.371. The molecular weight excluding hydrogens is 172 g/mol. The topological polar surface area (TPSA) is 33.2 Å². The molecule has 12 heavy (non-hydrogen) atoms. The zero-order valence-corrected chi connectivity index (χ0v) is 7.68. The van der Waals surface area contributed by atoms with Crippen LogP contribution in [0.3, 0.4) is 0 Å². The average Bonchev–Trinajstić information content (AvgIpc) is 2.49. The molecule has 3 nitrogen and oxygen atoms in total. The third kappa shape index (κ3) is 1.63. The molecular formula is C8H8N2OS. The van der Waals surface area contributed by atoms with Gasteiger partial charge in [0.2, 0.25) is 0 Å². The zero-order chi connectivity index (χ0) is 9.14. The van der Waals surface area contributed by atoms with Crippen molar-refractivity contribution >= 4 is 22.4 Å². The van der Waals surface area contributed by atoms with Gasteiger partial charge in [-0.25, -0.2) is 4.98 Å². The molecule has 0 aliphatic rings. The van der Waals surface area contributed by atoms with Gasteiger partial charge >= 0.3 is 5.91 Å². The van der Waals surface area contributed by atoms with Crippen molar-refractivity contribution in [2.45, 2.75) is 6.92 Å². The molecule has 0 aromatic carbocycles. The molecule has 1 heterocycles. The number of nitrogens with zero attached hydrogens (tertiary/aromatic N) is 2. The molecule has 1 aromatic heterocycles. The summed E-state index contributed by atoms with van der Waals surface area (Å²) in [5.41, 5.74) is 0.895. The van der Waals surface area contributed by atoms with Crippen LogP contribution in [0, 0.1) is 19.3 Å². The summed E-state index contributed by atoms with van der Waals surface area (Å²) in [6.45, 7) is 1.87. The fraction of sp³-hybridized carbons (Fsp3) is 0.250. The summed E-state index contributed by atoms with van der Waals surface area (Å²) in [6.07, 6.45) is 4.95. The number of terminal acetylenes is 1. The van der Waals surface area contributed by atoms with E-state index in [9.17, 15) is 4.79 Å². The van der Waals surface area contributed by atoms with E-state index in [1.165, 1.54) is 16.2 Å². The van der Waals surface area contributed by atoms with E-state index in [1.54, 1.807) is 7.05 Å². The maximum absolute atomic E-state index is 11.0. The lowest BCUT2D eigenvalue weighted by Gasteiger charge is -2.08. The number of aromatic nitrogens is 1. The van der Waals surface area contributed by atoms with Gasteiger partial charge in [-0.05, 0) is 12.8 Å². The Morgan fingerprint density at radius 1 is 1.83 bits per heavy atom. The number of anilines is 1. The minimum absolute atomic E-state index is 0.371. The average molecular weight is 180 g/mol. The number of thiazole rings is 1. The van der Waals surface area contributed by atoms with Crippen LogP contribution in [0.15, 0.2) is 5.38 Å². The largest absolute Gasteiger partial charge is 0.304 e. The highest BCUT2D eigenvalue weighted by molar-refractivity contribution is 7.14. The van der Waals surface area contributed by atoms with Gasteiger partial charge in [-0.1, -0.05) is 0 Å². The Labute approximate surface area is 75.0 Å². The highest BCUT2D eigenvalue weighted by atomic mass is 32.1. The van der Waals surface area contributed by atoms with Crippen molar-refractivity contribution in [2.75, 3.05) is 11.9 Å².